The van der Waals surface area contributed by atoms with Crippen LogP contribution < -0.4 is 10.6 Å². The predicted octanol–water partition coefficient (Wildman–Crippen LogP) is 5.26. The average molecular weight is 376 g/mol. The molecule has 144 valence electrons. The summed E-state index contributed by atoms with van der Waals surface area (Å²) in [7, 11) is 0. The van der Waals surface area contributed by atoms with Crippen LogP contribution in [0.1, 0.15) is 42.6 Å². The second kappa shape index (κ2) is 8.99. The number of hydrogen-bond acceptors (Lipinski definition) is 6. The van der Waals surface area contributed by atoms with E-state index in [0.29, 0.717) is 35.4 Å². The maximum atomic E-state index is 12.2. The van der Waals surface area contributed by atoms with Gasteiger partial charge in [0.1, 0.15) is 18.0 Å². The molecule has 0 atom stereocenters. The van der Waals surface area contributed by atoms with Gasteiger partial charge in [-0.1, -0.05) is 44.2 Å². The predicted molar refractivity (Wildman–Crippen MR) is 112 cm³/mol. The molecule has 0 saturated heterocycles. The maximum Gasteiger partial charge on any atom is 0.340 e. The molecule has 0 saturated carbocycles. The van der Waals surface area contributed by atoms with Crippen LogP contribution in [0, 0.1) is 0 Å². The number of carbonyl (C=O) groups is 1. The normalized spacial score (nSPS) is 10.6. The monoisotopic (exact) mass is 376 g/mol. The summed E-state index contributed by atoms with van der Waals surface area (Å²) in [5.41, 5.74) is 3.31. The summed E-state index contributed by atoms with van der Waals surface area (Å²) >= 11 is 0. The van der Waals surface area contributed by atoms with Gasteiger partial charge in [-0.05, 0) is 36.6 Å². The van der Waals surface area contributed by atoms with Gasteiger partial charge in [0.2, 0.25) is 0 Å². The first-order chi connectivity index (χ1) is 13.6. The largest absolute Gasteiger partial charge is 0.462 e. The van der Waals surface area contributed by atoms with Crippen molar-refractivity contribution in [3.63, 3.8) is 0 Å². The number of carbonyl (C=O) groups excluding carboxylic acids is 1. The van der Waals surface area contributed by atoms with Crippen molar-refractivity contribution >= 4 is 29.0 Å². The first kappa shape index (κ1) is 19.4. The molecule has 2 aromatic carbocycles. The fraction of sp³-hybridized carbons (Fsp3) is 0.227. The molecule has 0 aliphatic carbocycles. The lowest BCUT2D eigenvalue weighted by Crippen LogP contribution is -2.08. The summed E-state index contributed by atoms with van der Waals surface area (Å²) in [6, 6.07) is 17.1. The zero-order chi connectivity index (χ0) is 19.9. The van der Waals surface area contributed by atoms with Gasteiger partial charge in [0.15, 0.2) is 0 Å². The maximum absolute atomic E-state index is 12.2. The van der Waals surface area contributed by atoms with Crippen molar-refractivity contribution in [2.75, 3.05) is 17.2 Å². The molecule has 0 amide bonds. The fourth-order valence-corrected chi connectivity index (χ4v) is 2.86. The van der Waals surface area contributed by atoms with Gasteiger partial charge in [-0.2, -0.15) is 0 Å². The molecular formula is C22H24N4O2. The van der Waals surface area contributed by atoms with Gasteiger partial charge in [-0.3, -0.25) is 0 Å². The molecule has 6 heteroatoms. The SMILES string of the molecule is CCOC(=O)c1ccccc1Nc1cc(Nc2ccccc2C(C)C)ncn1. The summed E-state index contributed by atoms with van der Waals surface area (Å²) in [4.78, 5) is 20.7. The zero-order valence-electron chi connectivity index (χ0n) is 16.3. The van der Waals surface area contributed by atoms with Crippen LogP contribution >= 0.6 is 0 Å². The van der Waals surface area contributed by atoms with Crippen LogP contribution in [0.3, 0.4) is 0 Å². The Labute approximate surface area is 165 Å². The first-order valence-corrected chi connectivity index (χ1v) is 9.29. The molecule has 6 nitrogen and oxygen atoms in total. The zero-order valence-corrected chi connectivity index (χ0v) is 16.3. The minimum absolute atomic E-state index is 0.323. The molecule has 2 N–H and O–H groups in total. The highest BCUT2D eigenvalue weighted by Crippen LogP contribution is 2.27. The van der Waals surface area contributed by atoms with Gasteiger partial charge < -0.3 is 15.4 Å². The second-order valence-corrected chi connectivity index (χ2v) is 6.55. The number of benzene rings is 2. The highest BCUT2D eigenvalue weighted by Gasteiger charge is 2.13. The first-order valence-electron chi connectivity index (χ1n) is 9.29. The van der Waals surface area contributed by atoms with Gasteiger partial charge >= 0.3 is 5.97 Å². The number of anilines is 4. The Kier molecular flexibility index (Phi) is 6.22. The van der Waals surface area contributed by atoms with E-state index in [1.54, 1.807) is 25.1 Å². The number of nitrogens with one attached hydrogen (secondary N) is 2. The number of hydrogen-bond donors (Lipinski definition) is 2. The molecule has 0 aliphatic heterocycles. The summed E-state index contributed by atoms with van der Waals surface area (Å²) < 4.78 is 5.12. The number of para-hydroxylation sites is 2. The van der Waals surface area contributed by atoms with Crippen LogP contribution in [0.2, 0.25) is 0 Å². The summed E-state index contributed by atoms with van der Waals surface area (Å²) in [6.07, 6.45) is 1.48. The lowest BCUT2D eigenvalue weighted by molar-refractivity contribution is 0.0527. The number of ether oxygens (including phenoxy) is 1. The molecule has 0 bridgehead atoms. The topological polar surface area (TPSA) is 76.1 Å². The van der Waals surface area contributed by atoms with Crippen molar-refractivity contribution in [2.24, 2.45) is 0 Å². The third-order valence-electron chi connectivity index (χ3n) is 4.20. The Hall–Kier alpha value is -3.41. The summed E-state index contributed by atoms with van der Waals surface area (Å²) in [6.45, 7) is 6.41. The van der Waals surface area contributed by atoms with Crippen molar-refractivity contribution in [3.05, 3.63) is 72.1 Å². The van der Waals surface area contributed by atoms with E-state index < -0.39 is 0 Å². The molecule has 1 aromatic heterocycles. The van der Waals surface area contributed by atoms with Crippen molar-refractivity contribution in [1.82, 2.24) is 9.97 Å². The Balaban J connectivity index is 1.83. The molecule has 0 fully saturated rings. The third-order valence-corrected chi connectivity index (χ3v) is 4.20. The lowest BCUT2D eigenvalue weighted by atomic mass is 10.0. The number of nitrogens with zero attached hydrogens (tertiary/aromatic N) is 2. The molecule has 0 unspecified atom stereocenters. The van der Waals surface area contributed by atoms with Crippen LogP contribution in [0.4, 0.5) is 23.0 Å². The van der Waals surface area contributed by atoms with E-state index in [1.807, 2.05) is 30.3 Å². The van der Waals surface area contributed by atoms with Gasteiger partial charge in [-0.15, -0.1) is 0 Å². The van der Waals surface area contributed by atoms with Gasteiger partial charge in [0.05, 0.1) is 17.9 Å². The van der Waals surface area contributed by atoms with E-state index in [4.69, 9.17) is 4.74 Å². The standard InChI is InChI=1S/C22H24N4O2/c1-4-28-22(27)17-10-6-8-12-19(17)26-21-13-20(23-14-24-21)25-18-11-7-5-9-16(18)15(2)3/h5-15H,4H2,1-3H3,(H2,23,24,25,26). The number of esters is 1. The quantitative estimate of drug-likeness (QED) is 0.548. The highest BCUT2D eigenvalue weighted by molar-refractivity contribution is 5.96. The average Bonchev–Trinajstić information content (AvgIpc) is 2.69. The molecule has 28 heavy (non-hydrogen) atoms. The van der Waals surface area contributed by atoms with E-state index in [2.05, 4.69) is 40.5 Å². The van der Waals surface area contributed by atoms with Crippen molar-refractivity contribution < 1.29 is 9.53 Å². The Bertz CT molecular complexity index is 957. The lowest BCUT2D eigenvalue weighted by Gasteiger charge is -2.15. The van der Waals surface area contributed by atoms with E-state index >= 15 is 0 Å². The van der Waals surface area contributed by atoms with E-state index in [1.165, 1.54) is 11.9 Å². The van der Waals surface area contributed by atoms with E-state index in [9.17, 15) is 4.79 Å². The van der Waals surface area contributed by atoms with Crippen LogP contribution in [0.5, 0.6) is 0 Å². The fourth-order valence-electron chi connectivity index (χ4n) is 2.86. The second-order valence-electron chi connectivity index (χ2n) is 6.55. The van der Waals surface area contributed by atoms with Crippen molar-refractivity contribution in [1.29, 1.82) is 0 Å². The Morgan fingerprint density at radius 3 is 2.25 bits per heavy atom. The summed E-state index contributed by atoms with van der Waals surface area (Å²) in [5.74, 6) is 1.26. The molecule has 1 heterocycles. The Morgan fingerprint density at radius 1 is 0.964 bits per heavy atom. The van der Waals surface area contributed by atoms with Crippen molar-refractivity contribution in [2.45, 2.75) is 26.7 Å². The summed E-state index contributed by atoms with van der Waals surface area (Å²) in [5, 5.41) is 6.54. The van der Waals surface area contributed by atoms with Crippen LogP contribution in [-0.2, 0) is 4.74 Å². The molecule has 0 spiro atoms. The van der Waals surface area contributed by atoms with Crippen molar-refractivity contribution in [3.8, 4) is 0 Å². The van der Waals surface area contributed by atoms with Crippen LogP contribution in [0.15, 0.2) is 60.9 Å². The molecule has 0 radical (unpaired) electrons. The van der Waals surface area contributed by atoms with Gasteiger partial charge in [0.25, 0.3) is 0 Å². The van der Waals surface area contributed by atoms with E-state index in [-0.39, 0.29) is 5.97 Å². The highest BCUT2D eigenvalue weighted by atomic mass is 16.5. The third kappa shape index (κ3) is 4.65. The van der Waals surface area contributed by atoms with Gasteiger partial charge in [0, 0.05) is 11.8 Å². The smallest absolute Gasteiger partial charge is 0.340 e. The minimum atomic E-state index is -0.371. The molecule has 3 rings (SSSR count). The Morgan fingerprint density at radius 2 is 1.57 bits per heavy atom. The minimum Gasteiger partial charge on any atom is -0.462 e. The number of aromatic nitrogens is 2. The molecule has 3 aromatic rings. The molecular weight excluding hydrogens is 352 g/mol. The van der Waals surface area contributed by atoms with Crippen LogP contribution in [-0.4, -0.2) is 22.5 Å². The van der Waals surface area contributed by atoms with E-state index in [0.717, 1.165) is 5.69 Å². The number of rotatable bonds is 7. The van der Waals surface area contributed by atoms with Gasteiger partial charge in [-0.25, -0.2) is 14.8 Å². The van der Waals surface area contributed by atoms with Crippen LogP contribution in [0.25, 0.3) is 0 Å². The molecule has 0 aliphatic rings.